The van der Waals surface area contributed by atoms with Gasteiger partial charge in [-0.15, -0.1) is 0 Å². The summed E-state index contributed by atoms with van der Waals surface area (Å²) >= 11 is 0. The number of aliphatic hydroxyl groups is 1. The van der Waals surface area contributed by atoms with Crippen molar-refractivity contribution in [2.45, 2.75) is 13.8 Å². The van der Waals surface area contributed by atoms with Crippen LogP contribution in [0.2, 0.25) is 0 Å². The minimum Gasteiger partial charge on any atom is -0.510 e. The van der Waals surface area contributed by atoms with Gasteiger partial charge in [0.2, 0.25) is 5.91 Å². The Bertz CT molecular complexity index is 665. The van der Waals surface area contributed by atoms with Crippen LogP contribution in [-0.4, -0.2) is 78.1 Å². The molecule has 0 aliphatic carbocycles. The van der Waals surface area contributed by atoms with Crippen molar-refractivity contribution in [2.75, 3.05) is 39.4 Å². The van der Waals surface area contributed by atoms with Gasteiger partial charge in [-0.25, -0.2) is 0 Å². The average molecular weight is 352 g/mol. The molecule has 1 N–H and O–H groups in total. The van der Waals surface area contributed by atoms with E-state index in [2.05, 4.69) is 0 Å². The standard InChI is InChI=1S/C16H20N2O7/c1-3-24-13(21)8-17-6-10(5-12(17)20)15-11(19)7-18(16(15)23)9-14(22)25-4-2/h5,19H,3-4,6-9H2,1-2H3. The topological polar surface area (TPSA) is 113 Å². The second-order valence-corrected chi connectivity index (χ2v) is 5.46. The minimum atomic E-state index is -0.578. The maximum absolute atomic E-state index is 12.4. The van der Waals surface area contributed by atoms with Crippen molar-refractivity contribution >= 4 is 23.8 Å². The zero-order valence-corrected chi connectivity index (χ0v) is 14.1. The van der Waals surface area contributed by atoms with Gasteiger partial charge in [-0.3, -0.25) is 19.2 Å². The highest BCUT2D eigenvalue weighted by atomic mass is 16.5. The van der Waals surface area contributed by atoms with Crippen LogP contribution in [0.25, 0.3) is 0 Å². The fourth-order valence-corrected chi connectivity index (χ4v) is 2.64. The van der Waals surface area contributed by atoms with Crippen molar-refractivity contribution in [3.63, 3.8) is 0 Å². The Kier molecular flexibility index (Phi) is 5.79. The lowest BCUT2D eigenvalue weighted by molar-refractivity contribution is -0.147. The zero-order chi connectivity index (χ0) is 18.6. The Labute approximate surface area is 144 Å². The number of aliphatic hydroxyl groups excluding tert-OH is 1. The smallest absolute Gasteiger partial charge is 0.325 e. The predicted molar refractivity (Wildman–Crippen MR) is 84.2 cm³/mol. The summed E-state index contributed by atoms with van der Waals surface area (Å²) in [6.07, 6.45) is 1.20. The quantitative estimate of drug-likeness (QED) is 0.617. The van der Waals surface area contributed by atoms with Crippen LogP contribution in [0.4, 0.5) is 0 Å². The summed E-state index contributed by atoms with van der Waals surface area (Å²) in [5, 5.41) is 10.1. The van der Waals surface area contributed by atoms with E-state index in [1.807, 2.05) is 0 Å². The predicted octanol–water partition coefficient (Wildman–Crippen LogP) is -0.464. The van der Waals surface area contributed by atoms with E-state index in [4.69, 9.17) is 9.47 Å². The molecule has 0 atom stereocenters. The molecule has 136 valence electrons. The third-order valence-corrected chi connectivity index (χ3v) is 3.67. The fraction of sp³-hybridized carbons (Fsp3) is 0.500. The van der Waals surface area contributed by atoms with Crippen LogP contribution in [0.5, 0.6) is 0 Å². The van der Waals surface area contributed by atoms with Gasteiger partial charge in [0, 0.05) is 12.6 Å². The van der Waals surface area contributed by atoms with Crippen molar-refractivity contribution in [1.29, 1.82) is 0 Å². The zero-order valence-electron chi connectivity index (χ0n) is 14.1. The molecule has 0 aromatic rings. The molecule has 25 heavy (non-hydrogen) atoms. The highest BCUT2D eigenvalue weighted by Gasteiger charge is 2.37. The average Bonchev–Trinajstić information content (AvgIpc) is 3.00. The van der Waals surface area contributed by atoms with E-state index >= 15 is 0 Å². The van der Waals surface area contributed by atoms with Crippen molar-refractivity contribution in [3.8, 4) is 0 Å². The van der Waals surface area contributed by atoms with Crippen LogP contribution < -0.4 is 0 Å². The third kappa shape index (κ3) is 4.17. The summed E-state index contributed by atoms with van der Waals surface area (Å²) in [6, 6.07) is 0. The lowest BCUT2D eigenvalue weighted by atomic mass is 10.1. The van der Waals surface area contributed by atoms with Crippen LogP contribution in [0.1, 0.15) is 13.8 Å². The van der Waals surface area contributed by atoms with Gasteiger partial charge in [0.05, 0.1) is 25.3 Å². The highest BCUT2D eigenvalue weighted by molar-refractivity contribution is 6.05. The Morgan fingerprint density at radius 1 is 1.04 bits per heavy atom. The first-order valence-corrected chi connectivity index (χ1v) is 7.89. The Morgan fingerprint density at radius 3 is 2.16 bits per heavy atom. The molecule has 0 unspecified atom stereocenters. The maximum Gasteiger partial charge on any atom is 0.325 e. The molecule has 0 radical (unpaired) electrons. The Balaban J connectivity index is 2.04. The van der Waals surface area contributed by atoms with Crippen LogP contribution >= 0.6 is 0 Å². The lowest BCUT2D eigenvalue weighted by Gasteiger charge is -2.16. The number of rotatable bonds is 7. The van der Waals surface area contributed by atoms with Gasteiger partial charge in [0.15, 0.2) is 0 Å². The van der Waals surface area contributed by atoms with Crippen LogP contribution in [-0.2, 0) is 28.7 Å². The van der Waals surface area contributed by atoms with Crippen LogP contribution in [0, 0.1) is 0 Å². The van der Waals surface area contributed by atoms with Gasteiger partial charge in [0.25, 0.3) is 5.91 Å². The number of nitrogens with zero attached hydrogens (tertiary/aromatic N) is 2. The molecule has 0 spiro atoms. The second kappa shape index (κ2) is 7.82. The van der Waals surface area contributed by atoms with E-state index in [0.29, 0.717) is 5.57 Å². The van der Waals surface area contributed by atoms with E-state index in [1.165, 1.54) is 11.0 Å². The monoisotopic (exact) mass is 352 g/mol. The summed E-state index contributed by atoms with van der Waals surface area (Å²) in [5.41, 5.74) is 0.298. The lowest BCUT2D eigenvalue weighted by Crippen LogP contribution is -2.35. The number of carbonyl (C=O) groups is 4. The normalized spacial score (nSPS) is 17.3. The van der Waals surface area contributed by atoms with Gasteiger partial charge >= 0.3 is 11.9 Å². The molecule has 0 fully saturated rings. The summed E-state index contributed by atoms with van der Waals surface area (Å²) in [7, 11) is 0. The molecule has 2 rings (SSSR count). The van der Waals surface area contributed by atoms with Gasteiger partial charge in [0.1, 0.15) is 18.8 Å². The molecular formula is C16H20N2O7. The first-order chi connectivity index (χ1) is 11.9. The Hall–Kier alpha value is -2.84. The molecule has 0 saturated heterocycles. The number of ether oxygens (including phenoxy) is 2. The fourth-order valence-electron chi connectivity index (χ4n) is 2.64. The summed E-state index contributed by atoms with van der Waals surface area (Å²) in [4.78, 5) is 49.8. The summed E-state index contributed by atoms with van der Waals surface area (Å²) < 4.78 is 9.58. The summed E-state index contributed by atoms with van der Waals surface area (Å²) in [5.74, 6) is -2.34. The van der Waals surface area contributed by atoms with E-state index in [1.54, 1.807) is 13.8 Å². The molecule has 2 heterocycles. The molecule has 0 aromatic carbocycles. The third-order valence-electron chi connectivity index (χ3n) is 3.67. The molecular weight excluding hydrogens is 332 g/mol. The first-order valence-electron chi connectivity index (χ1n) is 7.89. The number of hydrogen-bond acceptors (Lipinski definition) is 7. The largest absolute Gasteiger partial charge is 0.510 e. The van der Waals surface area contributed by atoms with Crippen molar-refractivity contribution in [2.24, 2.45) is 0 Å². The van der Waals surface area contributed by atoms with Gasteiger partial charge in [-0.2, -0.15) is 0 Å². The van der Waals surface area contributed by atoms with Crippen molar-refractivity contribution in [3.05, 3.63) is 23.0 Å². The molecule has 0 aromatic heterocycles. The number of esters is 2. The van der Waals surface area contributed by atoms with E-state index in [-0.39, 0.29) is 50.7 Å². The van der Waals surface area contributed by atoms with Gasteiger partial charge in [-0.05, 0) is 19.4 Å². The number of hydrogen-bond donors (Lipinski definition) is 1. The van der Waals surface area contributed by atoms with E-state index in [9.17, 15) is 24.3 Å². The highest BCUT2D eigenvalue weighted by Crippen LogP contribution is 2.27. The number of amides is 2. The molecule has 2 aliphatic rings. The Morgan fingerprint density at radius 2 is 1.60 bits per heavy atom. The molecule has 9 nitrogen and oxygen atoms in total. The van der Waals surface area contributed by atoms with E-state index < -0.39 is 23.8 Å². The molecule has 0 bridgehead atoms. The number of carbonyl (C=O) groups excluding carboxylic acids is 4. The van der Waals surface area contributed by atoms with Crippen molar-refractivity contribution < 1.29 is 33.8 Å². The van der Waals surface area contributed by atoms with E-state index in [0.717, 1.165) is 4.90 Å². The van der Waals surface area contributed by atoms with Gasteiger partial charge < -0.3 is 24.4 Å². The maximum atomic E-state index is 12.4. The van der Waals surface area contributed by atoms with Crippen LogP contribution in [0.15, 0.2) is 23.0 Å². The van der Waals surface area contributed by atoms with Crippen molar-refractivity contribution in [1.82, 2.24) is 9.80 Å². The SMILES string of the molecule is CCOC(=O)CN1CC(C2=C(O)CN(CC(=O)OCC)C2=O)=CC1=O. The first kappa shape index (κ1) is 18.5. The molecule has 2 amide bonds. The molecule has 9 heteroatoms. The second-order valence-electron chi connectivity index (χ2n) is 5.46. The molecule has 2 aliphatic heterocycles. The van der Waals surface area contributed by atoms with Crippen LogP contribution in [0.3, 0.4) is 0 Å². The van der Waals surface area contributed by atoms with Gasteiger partial charge in [-0.1, -0.05) is 0 Å². The summed E-state index contributed by atoms with van der Waals surface area (Å²) in [6.45, 7) is 3.06. The minimum absolute atomic E-state index is 0.00995. The molecule has 0 saturated carbocycles.